The van der Waals surface area contributed by atoms with E-state index in [1.54, 1.807) is 6.07 Å². The van der Waals surface area contributed by atoms with Gasteiger partial charge in [-0.05, 0) is 31.4 Å². The average molecular weight is 291 g/mol. The van der Waals surface area contributed by atoms with Crippen molar-refractivity contribution < 1.29 is 9.50 Å². The Balaban J connectivity index is 1.64. The van der Waals surface area contributed by atoms with Crippen LogP contribution in [0.5, 0.6) is 0 Å². The molecule has 1 saturated heterocycles. The molecule has 21 heavy (non-hydrogen) atoms. The standard InChI is InChI=1S/C16H22FN3O/c1-2-18-16(20-8-7-11(21)10-20)19-15-9-13(15)12-5-3-4-6-14(12)17/h3-6,11,13,15,21H,2,7-10H2,1H3,(H,18,19)/t11-,13?,15?/m1/s1. The van der Waals surface area contributed by atoms with Gasteiger partial charge in [-0.3, -0.25) is 4.99 Å². The summed E-state index contributed by atoms with van der Waals surface area (Å²) in [5.74, 6) is 0.941. The average Bonchev–Trinajstić information content (AvgIpc) is 3.09. The molecule has 1 aliphatic heterocycles. The summed E-state index contributed by atoms with van der Waals surface area (Å²) in [4.78, 5) is 6.59. The zero-order valence-corrected chi connectivity index (χ0v) is 12.3. The first-order valence-corrected chi connectivity index (χ1v) is 7.67. The van der Waals surface area contributed by atoms with Crippen LogP contribution in [0, 0.1) is 5.82 Å². The predicted octanol–water partition coefficient (Wildman–Crippen LogP) is 1.71. The van der Waals surface area contributed by atoms with Crippen LogP contribution in [-0.2, 0) is 0 Å². The minimum Gasteiger partial charge on any atom is -0.391 e. The molecule has 1 saturated carbocycles. The molecule has 0 radical (unpaired) electrons. The number of nitrogens with one attached hydrogen (secondary N) is 1. The quantitative estimate of drug-likeness (QED) is 0.658. The van der Waals surface area contributed by atoms with Gasteiger partial charge in [-0.1, -0.05) is 18.2 Å². The van der Waals surface area contributed by atoms with Gasteiger partial charge in [0.2, 0.25) is 0 Å². The van der Waals surface area contributed by atoms with E-state index in [9.17, 15) is 9.50 Å². The maximum absolute atomic E-state index is 13.8. The van der Waals surface area contributed by atoms with Crippen molar-refractivity contribution in [1.82, 2.24) is 10.2 Å². The Hall–Kier alpha value is -1.62. The Morgan fingerprint density at radius 2 is 2.29 bits per heavy atom. The lowest BCUT2D eigenvalue weighted by atomic mass is 10.1. The van der Waals surface area contributed by atoms with Gasteiger partial charge in [0.25, 0.3) is 0 Å². The van der Waals surface area contributed by atoms with Crippen molar-refractivity contribution in [2.24, 2.45) is 4.99 Å². The molecule has 1 aromatic carbocycles. The summed E-state index contributed by atoms with van der Waals surface area (Å²) in [7, 11) is 0. The first kappa shape index (κ1) is 14.3. The van der Waals surface area contributed by atoms with Crippen LogP contribution < -0.4 is 5.32 Å². The summed E-state index contributed by atoms with van der Waals surface area (Å²) >= 11 is 0. The molecule has 0 aromatic heterocycles. The highest BCUT2D eigenvalue weighted by Crippen LogP contribution is 2.41. The molecule has 0 spiro atoms. The SMILES string of the molecule is CCN=C(NC1CC1c1ccccc1F)N1CC[C@@H](O)C1. The highest BCUT2D eigenvalue weighted by molar-refractivity contribution is 5.81. The number of β-amino-alcohol motifs (C(OH)–C–C–N with tert-alkyl or cyclic N) is 1. The van der Waals surface area contributed by atoms with E-state index >= 15 is 0 Å². The topological polar surface area (TPSA) is 47.9 Å². The molecule has 3 rings (SSSR count). The van der Waals surface area contributed by atoms with Gasteiger partial charge in [0, 0.05) is 31.6 Å². The van der Waals surface area contributed by atoms with Crippen LogP contribution in [0.15, 0.2) is 29.3 Å². The Morgan fingerprint density at radius 3 is 2.95 bits per heavy atom. The number of aliphatic imine (C=N–C) groups is 1. The lowest BCUT2D eigenvalue weighted by Crippen LogP contribution is -2.42. The molecule has 5 heteroatoms. The van der Waals surface area contributed by atoms with Gasteiger partial charge >= 0.3 is 0 Å². The molecule has 2 unspecified atom stereocenters. The van der Waals surface area contributed by atoms with Gasteiger partial charge in [-0.25, -0.2) is 4.39 Å². The summed E-state index contributed by atoms with van der Waals surface area (Å²) in [6.07, 6.45) is 1.45. The second-order valence-corrected chi connectivity index (χ2v) is 5.80. The van der Waals surface area contributed by atoms with Crippen LogP contribution in [0.25, 0.3) is 0 Å². The number of aliphatic hydroxyl groups excluding tert-OH is 1. The monoisotopic (exact) mass is 291 g/mol. The van der Waals surface area contributed by atoms with Crippen molar-refractivity contribution in [3.63, 3.8) is 0 Å². The van der Waals surface area contributed by atoms with E-state index in [4.69, 9.17) is 0 Å². The molecule has 0 amide bonds. The normalized spacial score (nSPS) is 28.8. The second-order valence-electron chi connectivity index (χ2n) is 5.80. The molecule has 114 valence electrons. The van der Waals surface area contributed by atoms with Crippen molar-refractivity contribution in [1.29, 1.82) is 0 Å². The number of halogens is 1. The number of hydrogen-bond acceptors (Lipinski definition) is 2. The number of benzene rings is 1. The van der Waals surface area contributed by atoms with E-state index in [1.165, 1.54) is 6.07 Å². The van der Waals surface area contributed by atoms with E-state index in [0.717, 1.165) is 30.9 Å². The number of guanidine groups is 1. The van der Waals surface area contributed by atoms with Crippen LogP contribution >= 0.6 is 0 Å². The van der Waals surface area contributed by atoms with Gasteiger partial charge in [-0.15, -0.1) is 0 Å². The number of aliphatic hydroxyl groups is 1. The Labute approximate surface area is 124 Å². The lowest BCUT2D eigenvalue weighted by Gasteiger charge is -2.21. The largest absolute Gasteiger partial charge is 0.391 e. The fourth-order valence-electron chi connectivity index (χ4n) is 2.96. The van der Waals surface area contributed by atoms with E-state index < -0.39 is 0 Å². The third-order valence-corrected chi connectivity index (χ3v) is 4.18. The van der Waals surface area contributed by atoms with Crippen LogP contribution in [0.4, 0.5) is 4.39 Å². The number of likely N-dealkylation sites (tertiary alicyclic amines) is 1. The Bertz CT molecular complexity index is 534. The maximum Gasteiger partial charge on any atom is 0.194 e. The summed E-state index contributed by atoms with van der Waals surface area (Å²) in [5.41, 5.74) is 0.785. The molecular formula is C16H22FN3O. The molecule has 1 heterocycles. The zero-order chi connectivity index (χ0) is 14.8. The minimum atomic E-state index is -0.268. The van der Waals surface area contributed by atoms with Crippen molar-refractivity contribution >= 4 is 5.96 Å². The maximum atomic E-state index is 13.8. The summed E-state index contributed by atoms with van der Waals surface area (Å²) in [6.45, 7) is 4.15. The Morgan fingerprint density at radius 1 is 1.48 bits per heavy atom. The van der Waals surface area contributed by atoms with Crippen molar-refractivity contribution in [3.8, 4) is 0 Å². The molecule has 4 nitrogen and oxygen atoms in total. The summed E-state index contributed by atoms with van der Waals surface area (Å²) in [5, 5.41) is 13.1. The number of rotatable bonds is 3. The number of nitrogens with zero attached hydrogens (tertiary/aromatic N) is 2. The fraction of sp³-hybridized carbons (Fsp3) is 0.562. The smallest absolute Gasteiger partial charge is 0.194 e. The van der Waals surface area contributed by atoms with Gasteiger partial charge < -0.3 is 15.3 Å². The lowest BCUT2D eigenvalue weighted by molar-refractivity contribution is 0.187. The highest BCUT2D eigenvalue weighted by Gasteiger charge is 2.41. The zero-order valence-electron chi connectivity index (χ0n) is 12.3. The van der Waals surface area contributed by atoms with Gasteiger partial charge in [0.15, 0.2) is 5.96 Å². The molecular weight excluding hydrogens is 269 g/mol. The van der Waals surface area contributed by atoms with Crippen molar-refractivity contribution in [2.45, 2.75) is 37.8 Å². The molecule has 3 atom stereocenters. The first-order valence-electron chi connectivity index (χ1n) is 7.67. The van der Waals surface area contributed by atoms with E-state index in [0.29, 0.717) is 13.1 Å². The first-order chi connectivity index (χ1) is 10.2. The molecule has 2 N–H and O–H groups in total. The third-order valence-electron chi connectivity index (χ3n) is 4.18. The van der Waals surface area contributed by atoms with Crippen LogP contribution in [0.3, 0.4) is 0 Å². The van der Waals surface area contributed by atoms with Crippen molar-refractivity contribution in [2.75, 3.05) is 19.6 Å². The Kier molecular flexibility index (Phi) is 4.10. The minimum absolute atomic E-state index is 0.127. The van der Waals surface area contributed by atoms with E-state index in [-0.39, 0.29) is 23.9 Å². The molecule has 1 aliphatic carbocycles. The van der Waals surface area contributed by atoms with Gasteiger partial charge in [0.1, 0.15) is 5.82 Å². The molecule has 2 aliphatic rings. The van der Waals surface area contributed by atoms with Crippen molar-refractivity contribution in [3.05, 3.63) is 35.6 Å². The molecule has 2 fully saturated rings. The highest BCUT2D eigenvalue weighted by atomic mass is 19.1. The number of hydrogen-bond donors (Lipinski definition) is 2. The van der Waals surface area contributed by atoms with Crippen LogP contribution in [-0.4, -0.2) is 47.7 Å². The summed E-state index contributed by atoms with van der Waals surface area (Å²) in [6, 6.07) is 7.22. The van der Waals surface area contributed by atoms with Crippen LogP contribution in [0.2, 0.25) is 0 Å². The third kappa shape index (κ3) is 3.18. The van der Waals surface area contributed by atoms with Gasteiger partial charge in [0.05, 0.1) is 6.10 Å². The summed E-state index contributed by atoms with van der Waals surface area (Å²) < 4.78 is 13.8. The fourth-order valence-corrected chi connectivity index (χ4v) is 2.96. The second kappa shape index (κ2) is 6.02. The predicted molar refractivity (Wildman–Crippen MR) is 80.9 cm³/mol. The van der Waals surface area contributed by atoms with Gasteiger partial charge in [-0.2, -0.15) is 0 Å². The molecule has 0 bridgehead atoms. The van der Waals surface area contributed by atoms with Crippen LogP contribution in [0.1, 0.15) is 31.2 Å². The van der Waals surface area contributed by atoms with E-state index in [1.807, 2.05) is 19.1 Å². The van der Waals surface area contributed by atoms with E-state index in [2.05, 4.69) is 15.2 Å². The molecule has 1 aromatic rings.